The van der Waals surface area contributed by atoms with Crippen LogP contribution in [0.2, 0.25) is 0 Å². The van der Waals surface area contributed by atoms with E-state index in [0.29, 0.717) is 12.5 Å². The molecule has 0 aromatic carbocycles. The van der Waals surface area contributed by atoms with Crippen molar-refractivity contribution in [3.63, 3.8) is 0 Å². The SMILES string of the molecule is CC(C)CNC(=O)CCN1C(=O)CNC1=O. The lowest BCUT2D eigenvalue weighted by Gasteiger charge is -2.12. The van der Waals surface area contributed by atoms with Crippen LogP contribution in [0.15, 0.2) is 0 Å². The number of urea groups is 1. The third-order valence-electron chi connectivity index (χ3n) is 2.21. The molecule has 90 valence electrons. The van der Waals surface area contributed by atoms with Gasteiger partial charge < -0.3 is 10.6 Å². The van der Waals surface area contributed by atoms with Crippen molar-refractivity contribution in [1.29, 1.82) is 0 Å². The highest BCUT2D eigenvalue weighted by Gasteiger charge is 2.28. The number of rotatable bonds is 5. The number of amides is 4. The van der Waals surface area contributed by atoms with Crippen LogP contribution < -0.4 is 10.6 Å². The average Bonchev–Trinajstić information content (AvgIpc) is 2.53. The van der Waals surface area contributed by atoms with Crippen molar-refractivity contribution in [1.82, 2.24) is 15.5 Å². The molecule has 0 saturated carbocycles. The Kier molecular flexibility index (Phi) is 4.28. The summed E-state index contributed by atoms with van der Waals surface area (Å²) in [5.41, 5.74) is 0. The molecule has 0 aromatic heterocycles. The second-order valence-corrected chi connectivity index (χ2v) is 4.15. The largest absolute Gasteiger partial charge is 0.356 e. The first-order valence-electron chi connectivity index (χ1n) is 5.35. The van der Waals surface area contributed by atoms with Gasteiger partial charge >= 0.3 is 6.03 Å². The summed E-state index contributed by atoms with van der Waals surface area (Å²) < 4.78 is 0. The summed E-state index contributed by atoms with van der Waals surface area (Å²) in [6.07, 6.45) is 0.159. The lowest BCUT2D eigenvalue weighted by Crippen LogP contribution is -2.36. The van der Waals surface area contributed by atoms with Gasteiger partial charge in [-0.15, -0.1) is 0 Å². The molecule has 0 aromatic rings. The van der Waals surface area contributed by atoms with Gasteiger partial charge in [-0.1, -0.05) is 13.8 Å². The van der Waals surface area contributed by atoms with Gasteiger partial charge in [0.05, 0.1) is 6.54 Å². The smallest absolute Gasteiger partial charge is 0.324 e. The summed E-state index contributed by atoms with van der Waals surface area (Å²) in [5.74, 6) is -0.0245. The Balaban J connectivity index is 2.26. The number of carbonyl (C=O) groups excluding carboxylic acids is 3. The molecule has 1 aliphatic heterocycles. The Bertz CT molecular complexity index is 286. The quantitative estimate of drug-likeness (QED) is 0.633. The molecular weight excluding hydrogens is 210 g/mol. The molecule has 1 rings (SSSR count). The molecule has 4 amide bonds. The lowest BCUT2D eigenvalue weighted by atomic mass is 10.2. The molecule has 1 fully saturated rings. The Morgan fingerprint density at radius 3 is 2.69 bits per heavy atom. The summed E-state index contributed by atoms with van der Waals surface area (Å²) in [5, 5.41) is 5.13. The summed E-state index contributed by atoms with van der Waals surface area (Å²) in [6, 6.07) is -0.415. The van der Waals surface area contributed by atoms with Gasteiger partial charge in [0.2, 0.25) is 11.8 Å². The van der Waals surface area contributed by atoms with Crippen LogP contribution in [0.5, 0.6) is 0 Å². The first-order chi connectivity index (χ1) is 7.50. The van der Waals surface area contributed by atoms with E-state index in [-0.39, 0.29) is 31.3 Å². The molecule has 0 aliphatic carbocycles. The molecule has 0 atom stereocenters. The lowest BCUT2D eigenvalue weighted by molar-refractivity contribution is -0.126. The van der Waals surface area contributed by atoms with E-state index in [4.69, 9.17) is 0 Å². The van der Waals surface area contributed by atoms with Gasteiger partial charge in [0.15, 0.2) is 0 Å². The number of carbonyl (C=O) groups is 3. The maximum atomic E-state index is 11.3. The van der Waals surface area contributed by atoms with Crippen LogP contribution in [0.3, 0.4) is 0 Å². The molecule has 2 N–H and O–H groups in total. The standard InChI is InChI=1S/C10H17N3O3/c1-7(2)5-11-8(14)3-4-13-9(15)6-12-10(13)16/h7H,3-6H2,1-2H3,(H,11,14)(H,12,16). The van der Waals surface area contributed by atoms with Gasteiger partial charge in [-0.05, 0) is 5.92 Å². The van der Waals surface area contributed by atoms with Crippen molar-refractivity contribution < 1.29 is 14.4 Å². The summed E-state index contributed by atoms with van der Waals surface area (Å²) in [6.45, 7) is 4.79. The van der Waals surface area contributed by atoms with Gasteiger partial charge in [-0.3, -0.25) is 14.5 Å². The van der Waals surface area contributed by atoms with Crippen LogP contribution in [-0.4, -0.2) is 42.4 Å². The van der Waals surface area contributed by atoms with Crippen molar-refractivity contribution >= 4 is 17.8 Å². The zero-order valence-corrected chi connectivity index (χ0v) is 9.58. The van der Waals surface area contributed by atoms with Gasteiger partial charge in [-0.25, -0.2) is 4.79 Å². The van der Waals surface area contributed by atoms with Crippen molar-refractivity contribution in [3.8, 4) is 0 Å². The Morgan fingerprint density at radius 2 is 2.19 bits per heavy atom. The van der Waals surface area contributed by atoms with E-state index in [1.165, 1.54) is 0 Å². The number of nitrogens with zero attached hydrogens (tertiary/aromatic N) is 1. The number of hydrogen-bond donors (Lipinski definition) is 2. The van der Waals surface area contributed by atoms with Crippen LogP contribution >= 0.6 is 0 Å². The molecule has 6 nitrogen and oxygen atoms in total. The first-order valence-corrected chi connectivity index (χ1v) is 5.35. The van der Waals surface area contributed by atoms with E-state index in [2.05, 4.69) is 10.6 Å². The van der Waals surface area contributed by atoms with Crippen molar-refractivity contribution in [2.24, 2.45) is 5.92 Å². The summed E-state index contributed by atoms with van der Waals surface area (Å²) >= 11 is 0. The zero-order valence-electron chi connectivity index (χ0n) is 9.58. The Hall–Kier alpha value is -1.59. The highest BCUT2D eigenvalue weighted by Crippen LogP contribution is 2.00. The topological polar surface area (TPSA) is 78.5 Å². The van der Waals surface area contributed by atoms with E-state index in [0.717, 1.165) is 4.90 Å². The minimum absolute atomic E-state index is 0.0342. The molecule has 16 heavy (non-hydrogen) atoms. The van der Waals surface area contributed by atoms with Crippen LogP contribution in [0.4, 0.5) is 4.79 Å². The zero-order chi connectivity index (χ0) is 12.1. The fourth-order valence-electron chi connectivity index (χ4n) is 1.30. The van der Waals surface area contributed by atoms with Gasteiger partial charge in [-0.2, -0.15) is 0 Å². The third-order valence-corrected chi connectivity index (χ3v) is 2.21. The van der Waals surface area contributed by atoms with E-state index >= 15 is 0 Å². The minimum Gasteiger partial charge on any atom is -0.356 e. The van der Waals surface area contributed by atoms with Gasteiger partial charge in [0.1, 0.15) is 0 Å². The average molecular weight is 227 g/mol. The third kappa shape index (κ3) is 3.52. The fourth-order valence-corrected chi connectivity index (χ4v) is 1.30. The van der Waals surface area contributed by atoms with Crippen LogP contribution in [-0.2, 0) is 9.59 Å². The van der Waals surface area contributed by atoms with Crippen molar-refractivity contribution in [2.75, 3.05) is 19.6 Å². The molecule has 1 aliphatic rings. The number of nitrogens with one attached hydrogen (secondary N) is 2. The van der Waals surface area contributed by atoms with E-state index in [1.54, 1.807) is 0 Å². The molecule has 0 unspecified atom stereocenters. The van der Waals surface area contributed by atoms with Crippen LogP contribution in [0, 0.1) is 5.92 Å². The Morgan fingerprint density at radius 1 is 1.50 bits per heavy atom. The second-order valence-electron chi connectivity index (χ2n) is 4.15. The predicted octanol–water partition coefficient (Wildman–Crippen LogP) is -0.299. The minimum atomic E-state index is -0.415. The summed E-state index contributed by atoms with van der Waals surface area (Å²) in [4.78, 5) is 34.7. The fraction of sp³-hybridized carbons (Fsp3) is 0.700. The molecular formula is C10H17N3O3. The molecule has 0 spiro atoms. The number of imide groups is 1. The summed E-state index contributed by atoms with van der Waals surface area (Å²) in [7, 11) is 0. The van der Waals surface area contributed by atoms with Crippen molar-refractivity contribution in [3.05, 3.63) is 0 Å². The highest BCUT2D eigenvalue weighted by molar-refractivity contribution is 6.02. The molecule has 0 radical (unpaired) electrons. The maximum Gasteiger partial charge on any atom is 0.324 e. The van der Waals surface area contributed by atoms with Crippen LogP contribution in [0.1, 0.15) is 20.3 Å². The van der Waals surface area contributed by atoms with Gasteiger partial charge in [0.25, 0.3) is 0 Å². The molecule has 0 bridgehead atoms. The predicted molar refractivity (Wildman–Crippen MR) is 57.6 cm³/mol. The maximum absolute atomic E-state index is 11.3. The van der Waals surface area contributed by atoms with E-state index < -0.39 is 6.03 Å². The Labute approximate surface area is 94.4 Å². The molecule has 1 heterocycles. The monoisotopic (exact) mass is 227 g/mol. The highest BCUT2D eigenvalue weighted by atomic mass is 16.2. The van der Waals surface area contributed by atoms with Crippen molar-refractivity contribution in [2.45, 2.75) is 20.3 Å². The molecule has 6 heteroatoms. The second kappa shape index (κ2) is 5.48. The van der Waals surface area contributed by atoms with E-state index in [9.17, 15) is 14.4 Å². The van der Waals surface area contributed by atoms with Gasteiger partial charge in [0, 0.05) is 19.5 Å². The number of hydrogen-bond acceptors (Lipinski definition) is 3. The van der Waals surface area contributed by atoms with Crippen LogP contribution in [0.25, 0.3) is 0 Å². The first kappa shape index (κ1) is 12.5. The molecule has 1 saturated heterocycles. The normalized spacial score (nSPS) is 15.6. The van der Waals surface area contributed by atoms with E-state index in [1.807, 2.05) is 13.8 Å².